The minimum Gasteiger partial charge on any atom is -0.0622 e. The van der Waals surface area contributed by atoms with E-state index in [0.717, 1.165) is 0 Å². The summed E-state index contributed by atoms with van der Waals surface area (Å²) in [5.74, 6) is 0. The zero-order valence-electron chi connectivity index (χ0n) is 28.1. The molecular formula is C45H48. The monoisotopic (exact) mass is 588 g/mol. The molecule has 0 spiro atoms. The second kappa shape index (κ2) is 18.7. The van der Waals surface area contributed by atoms with Gasteiger partial charge in [-0.2, -0.15) is 0 Å². The van der Waals surface area contributed by atoms with Crippen molar-refractivity contribution < 1.29 is 0 Å². The SMILES string of the molecule is Cc1ccc(C)cc1.Cc1ccc2ccccc2c1.Cc1cccc(C)c1.Cc1cccc2ccccc12.Cc1ccccc1. The molecule has 0 N–H and O–H groups in total. The third-order valence-electron chi connectivity index (χ3n) is 7.24. The lowest BCUT2D eigenvalue weighted by Gasteiger charge is -1.98. The quantitative estimate of drug-likeness (QED) is 0.165. The molecule has 0 amide bonds. The fourth-order valence-electron chi connectivity index (χ4n) is 4.67. The smallest absolute Gasteiger partial charge is 0.0155 e. The van der Waals surface area contributed by atoms with Crippen molar-refractivity contribution >= 4 is 21.5 Å². The van der Waals surface area contributed by atoms with Gasteiger partial charge in [0.25, 0.3) is 0 Å². The maximum Gasteiger partial charge on any atom is -0.0155 e. The van der Waals surface area contributed by atoms with Crippen molar-refractivity contribution in [2.45, 2.75) is 48.5 Å². The Morgan fingerprint density at radius 1 is 0.244 bits per heavy atom. The van der Waals surface area contributed by atoms with Gasteiger partial charge in [-0.3, -0.25) is 0 Å². The zero-order valence-corrected chi connectivity index (χ0v) is 28.1. The normalized spacial score (nSPS) is 9.67. The van der Waals surface area contributed by atoms with Gasteiger partial charge in [-0.25, -0.2) is 0 Å². The van der Waals surface area contributed by atoms with Crippen LogP contribution < -0.4 is 0 Å². The first-order chi connectivity index (χ1) is 21.7. The molecule has 0 aliphatic rings. The summed E-state index contributed by atoms with van der Waals surface area (Å²) < 4.78 is 0. The van der Waals surface area contributed by atoms with Crippen LogP contribution in [0.1, 0.15) is 38.9 Å². The zero-order chi connectivity index (χ0) is 32.4. The third kappa shape index (κ3) is 13.1. The number of hydrogen-bond acceptors (Lipinski definition) is 0. The van der Waals surface area contributed by atoms with Crippen LogP contribution >= 0.6 is 0 Å². The number of benzene rings is 7. The molecule has 0 unspecified atom stereocenters. The van der Waals surface area contributed by atoms with Crippen LogP contribution in [0.2, 0.25) is 0 Å². The highest BCUT2D eigenvalue weighted by Crippen LogP contribution is 2.17. The van der Waals surface area contributed by atoms with Crippen molar-refractivity contribution in [1.29, 1.82) is 0 Å². The van der Waals surface area contributed by atoms with Crippen LogP contribution in [0.25, 0.3) is 21.5 Å². The Morgan fingerprint density at radius 2 is 0.644 bits per heavy atom. The average Bonchev–Trinajstić information content (AvgIpc) is 3.04. The Hall–Kier alpha value is -4.94. The van der Waals surface area contributed by atoms with Crippen LogP contribution in [0.4, 0.5) is 0 Å². The Morgan fingerprint density at radius 3 is 1.16 bits per heavy atom. The standard InChI is InChI=1S/2C11H10.2C8H10.C7H8/c1-9-5-4-7-10-6-2-3-8-11(9)10;1-9-6-7-10-4-2-3-5-11(10)8-9;1-7-3-5-8(2)6-4-7;1-7-4-3-5-8(2)6-7;1-7-5-3-2-4-6-7/h2*2-8H,1H3;2*3-6H,1-2H3;2-6H,1H3. The molecule has 45 heavy (non-hydrogen) atoms. The van der Waals surface area contributed by atoms with Crippen molar-refractivity contribution in [2.75, 3.05) is 0 Å². The van der Waals surface area contributed by atoms with E-state index in [1.807, 2.05) is 18.2 Å². The van der Waals surface area contributed by atoms with E-state index in [4.69, 9.17) is 0 Å². The highest BCUT2D eigenvalue weighted by Gasteiger charge is 1.92. The van der Waals surface area contributed by atoms with Crippen LogP contribution in [0.3, 0.4) is 0 Å². The number of aryl methyl sites for hydroxylation is 7. The first-order valence-electron chi connectivity index (χ1n) is 15.7. The molecule has 0 saturated carbocycles. The lowest BCUT2D eigenvalue weighted by Crippen LogP contribution is -1.75. The van der Waals surface area contributed by atoms with Gasteiger partial charge in [-0.1, -0.05) is 197 Å². The largest absolute Gasteiger partial charge is 0.0622 e. The molecule has 0 heterocycles. The molecule has 0 heteroatoms. The van der Waals surface area contributed by atoms with E-state index in [9.17, 15) is 0 Å². The van der Waals surface area contributed by atoms with Gasteiger partial charge < -0.3 is 0 Å². The summed E-state index contributed by atoms with van der Waals surface area (Å²) in [6, 6.07) is 56.9. The van der Waals surface area contributed by atoms with E-state index in [0.29, 0.717) is 0 Å². The maximum absolute atomic E-state index is 2.20. The Kier molecular flexibility index (Phi) is 14.3. The highest BCUT2D eigenvalue weighted by molar-refractivity contribution is 5.85. The molecule has 7 rings (SSSR count). The molecule has 0 fully saturated rings. The number of hydrogen-bond donors (Lipinski definition) is 0. The van der Waals surface area contributed by atoms with E-state index >= 15 is 0 Å². The molecule has 0 aliphatic carbocycles. The second-order valence-corrected chi connectivity index (χ2v) is 11.6. The maximum atomic E-state index is 2.20. The van der Waals surface area contributed by atoms with Gasteiger partial charge in [0, 0.05) is 0 Å². The van der Waals surface area contributed by atoms with Crippen LogP contribution in [0.5, 0.6) is 0 Å². The van der Waals surface area contributed by atoms with Gasteiger partial charge in [0.1, 0.15) is 0 Å². The first-order valence-corrected chi connectivity index (χ1v) is 15.7. The number of rotatable bonds is 0. The molecular weight excluding hydrogens is 540 g/mol. The summed E-state index contributed by atoms with van der Waals surface area (Å²) in [6.07, 6.45) is 0. The lowest BCUT2D eigenvalue weighted by atomic mass is 10.1. The van der Waals surface area contributed by atoms with Crippen molar-refractivity contribution in [2.24, 2.45) is 0 Å². The molecule has 7 aromatic rings. The Bertz CT molecular complexity index is 1790. The number of fused-ring (bicyclic) bond motifs is 2. The van der Waals surface area contributed by atoms with Crippen LogP contribution in [-0.4, -0.2) is 0 Å². The third-order valence-corrected chi connectivity index (χ3v) is 7.24. The van der Waals surface area contributed by atoms with Crippen molar-refractivity contribution in [3.05, 3.63) is 203 Å². The summed E-state index contributed by atoms with van der Waals surface area (Å²) in [7, 11) is 0. The molecule has 0 bridgehead atoms. The molecule has 228 valence electrons. The Balaban J connectivity index is 0.000000155. The second-order valence-electron chi connectivity index (χ2n) is 11.6. The van der Waals surface area contributed by atoms with E-state index < -0.39 is 0 Å². The van der Waals surface area contributed by atoms with Crippen molar-refractivity contribution in [1.82, 2.24) is 0 Å². The predicted molar refractivity (Wildman–Crippen MR) is 200 cm³/mol. The fraction of sp³-hybridized carbons (Fsp3) is 0.156. The minimum atomic E-state index is 1.32. The first kappa shape index (κ1) is 34.5. The van der Waals surface area contributed by atoms with Gasteiger partial charge in [0.15, 0.2) is 0 Å². The van der Waals surface area contributed by atoms with Gasteiger partial charge in [0.05, 0.1) is 0 Å². The molecule has 7 aromatic carbocycles. The van der Waals surface area contributed by atoms with Crippen molar-refractivity contribution in [3.63, 3.8) is 0 Å². The Labute approximate surface area is 272 Å². The van der Waals surface area contributed by atoms with Gasteiger partial charge >= 0.3 is 0 Å². The van der Waals surface area contributed by atoms with Gasteiger partial charge in [-0.15, -0.1) is 0 Å². The molecule has 0 aliphatic heterocycles. The fourth-order valence-corrected chi connectivity index (χ4v) is 4.67. The predicted octanol–water partition coefficient (Wildman–Crippen LogP) is 12.9. The van der Waals surface area contributed by atoms with E-state index in [1.165, 1.54) is 60.5 Å². The van der Waals surface area contributed by atoms with E-state index in [1.54, 1.807) is 0 Å². The summed E-state index contributed by atoms with van der Waals surface area (Å²) in [5.41, 5.74) is 9.33. The van der Waals surface area contributed by atoms with Gasteiger partial charge in [0.2, 0.25) is 0 Å². The lowest BCUT2D eigenvalue weighted by molar-refractivity contribution is 1.39. The van der Waals surface area contributed by atoms with E-state index in [-0.39, 0.29) is 0 Å². The summed E-state index contributed by atoms with van der Waals surface area (Å²) >= 11 is 0. The summed E-state index contributed by atoms with van der Waals surface area (Å²) in [5, 5.41) is 5.33. The minimum absolute atomic E-state index is 1.32. The van der Waals surface area contributed by atoms with E-state index in [2.05, 4.69) is 194 Å². The van der Waals surface area contributed by atoms with Crippen LogP contribution in [-0.2, 0) is 0 Å². The molecule has 0 radical (unpaired) electrons. The average molecular weight is 589 g/mol. The van der Waals surface area contributed by atoms with Crippen molar-refractivity contribution in [3.8, 4) is 0 Å². The topological polar surface area (TPSA) is 0 Å². The molecule has 0 saturated heterocycles. The molecule has 0 nitrogen and oxygen atoms in total. The highest BCUT2D eigenvalue weighted by atomic mass is 14.0. The van der Waals surface area contributed by atoms with Gasteiger partial charge in [-0.05, 0) is 75.6 Å². The molecule has 0 aromatic heterocycles. The molecule has 0 atom stereocenters. The van der Waals surface area contributed by atoms with Crippen LogP contribution in [0, 0.1) is 48.5 Å². The summed E-state index contributed by atoms with van der Waals surface area (Å²) in [4.78, 5) is 0. The van der Waals surface area contributed by atoms with Crippen LogP contribution in [0.15, 0.2) is 164 Å². The summed E-state index contributed by atoms with van der Waals surface area (Å²) in [6.45, 7) is 14.7.